The largest absolute Gasteiger partial charge is 0.497 e. The number of benzene rings is 2. The predicted octanol–water partition coefficient (Wildman–Crippen LogP) is 3.40. The molecule has 0 saturated heterocycles. The topological polar surface area (TPSA) is 64.3 Å². The summed E-state index contributed by atoms with van der Waals surface area (Å²) in [7, 11) is 1.61. The summed E-state index contributed by atoms with van der Waals surface area (Å²) in [4.78, 5) is 11.7. The van der Waals surface area contributed by atoms with Crippen molar-refractivity contribution in [2.24, 2.45) is 5.73 Å². The molecule has 1 unspecified atom stereocenters. The quantitative estimate of drug-likeness (QED) is 0.870. The number of carbonyl (C=O) groups excluding carboxylic acids is 1. The summed E-state index contributed by atoms with van der Waals surface area (Å²) in [6.45, 7) is 1.97. The minimum Gasteiger partial charge on any atom is -0.497 e. The Morgan fingerprint density at radius 3 is 2.43 bits per heavy atom. The fraction of sp³-hybridized carbons (Fsp3) is 0.188. The van der Waals surface area contributed by atoms with Crippen LogP contribution in [0.2, 0.25) is 0 Å². The Balaban J connectivity index is 2.26. The van der Waals surface area contributed by atoms with E-state index in [1.807, 2.05) is 49.4 Å². The van der Waals surface area contributed by atoms with Crippen molar-refractivity contribution in [2.75, 3.05) is 12.4 Å². The van der Waals surface area contributed by atoms with Crippen LogP contribution in [0.15, 0.2) is 46.9 Å². The number of methoxy groups -OCH3 is 1. The van der Waals surface area contributed by atoms with E-state index in [2.05, 4.69) is 21.2 Å². The molecule has 1 atom stereocenters. The van der Waals surface area contributed by atoms with Crippen LogP contribution in [0.4, 0.5) is 5.69 Å². The van der Waals surface area contributed by atoms with Gasteiger partial charge < -0.3 is 15.8 Å². The average Bonchev–Trinajstić information content (AvgIpc) is 2.48. The number of halogens is 1. The lowest BCUT2D eigenvalue weighted by Gasteiger charge is -2.18. The van der Waals surface area contributed by atoms with Crippen molar-refractivity contribution in [1.29, 1.82) is 0 Å². The number of primary amides is 1. The van der Waals surface area contributed by atoms with E-state index >= 15 is 0 Å². The zero-order valence-corrected chi connectivity index (χ0v) is 13.5. The van der Waals surface area contributed by atoms with Crippen LogP contribution >= 0.6 is 15.9 Å². The van der Waals surface area contributed by atoms with Crippen LogP contribution in [0.1, 0.15) is 17.2 Å². The van der Waals surface area contributed by atoms with Crippen LogP contribution in [0.25, 0.3) is 0 Å². The highest BCUT2D eigenvalue weighted by Gasteiger charge is 2.18. The van der Waals surface area contributed by atoms with Crippen molar-refractivity contribution in [2.45, 2.75) is 13.0 Å². The maximum Gasteiger partial charge on any atom is 0.244 e. The maximum absolute atomic E-state index is 11.7. The van der Waals surface area contributed by atoms with Gasteiger partial charge in [0, 0.05) is 10.2 Å². The van der Waals surface area contributed by atoms with Crippen LogP contribution in [0.3, 0.4) is 0 Å². The minimum absolute atomic E-state index is 0.424. The van der Waals surface area contributed by atoms with Gasteiger partial charge in [-0.05, 0) is 48.4 Å². The molecular formula is C16H17BrN2O2. The monoisotopic (exact) mass is 348 g/mol. The molecule has 4 nitrogen and oxygen atoms in total. The van der Waals surface area contributed by atoms with Crippen LogP contribution in [-0.2, 0) is 4.79 Å². The first-order valence-electron chi connectivity index (χ1n) is 6.47. The highest BCUT2D eigenvalue weighted by molar-refractivity contribution is 9.10. The second-order valence-electron chi connectivity index (χ2n) is 4.72. The number of aryl methyl sites for hydroxylation is 1. The van der Waals surface area contributed by atoms with Gasteiger partial charge >= 0.3 is 0 Å². The van der Waals surface area contributed by atoms with Crippen molar-refractivity contribution >= 4 is 27.5 Å². The average molecular weight is 349 g/mol. The first-order chi connectivity index (χ1) is 10.0. The van der Waals surface area contributed by atoms with Gasteiger partial charge in [0.1, 0.15) is 11.8 Å². The molecule has 2 aromatic carbocycles. The van der Waals surface area contributed by atoms with Crippen molar-refractivity contribution in [3.05, 3.63) is 58.1 Å². The Hall–Kier alpha value is -2.01. The van der Waals surface area contributed by atoms with Gasteiger partial charge in [-0.15, -0.1) is 0 Å². The molecule has 21 heavy (non-hydrogen) atoms. The fourth-order valence-corrected chi connectivity index (χ4v) is 2.27. The molecule has 0 aliphatic carbocycles. The second kappa shape index (κ2) is 6.63. The summed E-state index contributed by atoms with van der Waals surface area (Å²) >= 11 is 3.45. The predicted molar refractivity (Wildman–Crippen MR) is 87.4 cm³/mol. The summed E-state index contributed by atoms with van der Waals surface area (Å²) in [5.74, 6) is 0.336. The molecule has 0 aliphatic heterocycles. The Labute approximate surface area is 132 Å². The van der Waals surface area contributed by atoms with Gasteiger partial charge in [0.25, 0.3) is 0 Å². The number of amides is 1. The maximum atomic E-state index is 11.7. The molecule has 0 spiro atoms. The van der Waals surface area contributed by atoms with E-state index in [0.717, 1.165) is 27.0 Å². The summed E-state index contributed by atoms with van der Waals surface area (Å²) in [6.07, 6.45) is 0. The lowest BCUT2D eigenvalue weighted by atomic mass is 10.0. The normalized spacial score (nSPS) is 11.8. The van der Waals surface area contributed by atoms with E-state index in [1.54, 1.807) is 7.11 Å². The standard InChI is InChI=1S/C16H17BrN2O2/c1-10-9-11(3-8-14(10)17)15(16(18)20)19-12-4-6-13(21-2)7-5-12/h3-9,15,19H,1-2H3,(H2,18,20). The molecule has 2 rings (SSSR count). The third kappa shape index (κ3) is 3.76. The summed E-state index contributed by atoms with van der Waals surface area (Å²) in [6, 6.07) is 12.5. The third-order valence-electron chi connectivity index (χ3n) is 3.20. The van der Waals surface area contributed by atoms with Gasteiger partial charge in [0.05, 0.1) is 7.11 Å². The van der Waals surface area contributed by atoms with E-state index in [-0.39, 0.29) is 0 Å². The molecule has 5 heteroatoms. The van der Waals surface area contributed by atoms with Crippen LogP contribution in [0.5, 0.6) is 5.75 Å². The Kier molecular flexibility index (Phi) is 4.85. The Bertz CT molecular complexity index is 641. The summed E-state index contributed by atoms with van der Waals surface area (Å²) < 4.78 is 6.11. The van der Waals surface area contributed by atoms with E-state index in [9.17, 15) is 4.79 Å². The van der Waals surface area contributed by atoms with Crippen molar-refractivity contribution < 1.29 is 9.53 Å². The second-order valence-corrected chi connectivity index (χ2v) is 5.57. The van der Waals surface area contributed by atoms with Gasteiger partial charge in [0.15, 0.2) is 0 Å². The molecule has 110 valence electrons. The number of rotatable bonds is 5. The van der Waals surface area contributed by atoms with E-state index < -0.39 is 11.9 Å². The van der Waals surface area contributed by atoms with Gasteiger partial charge in [-0.2, -0.15) is 0 Å². The molecule has 0 heterocycles. The van der Waals surface area contributed by atoms with Crippen molar-refractivity contribution in [3.8, 4) is 5.75 Å². The molecule has 3 N–H and O–H groups in total. The SMILES string of the molecule is COc1ccc(NC(C(N)=O)c2ccc(Br)c(C)c2)cc1. The summed E-state index contributed by atoms with van der Waals surface area (Å²) in [5.41, 5.74) is 8.21. The zero-order chi connectivity index (χ0) is 15.4. The first-order valence-corrected chi connectivity index (χ1v) is 7.26. The molecule has 0 aliphatic rings. The molecule has 2 aromatic rings. The minimum atomic E-state index is -0.579. The molecular weight excluding hydrogens is 332 g/mol. The van der Waals surface area contributed by atoms with Gasteiger partial charge in [0.2, 0.25) is 5.91 Å². The number of hydrogen-bond acceptors (Lipinski definition) is 3. The number of anilines is 1. The molecule has 0 fully saturated rings. The lowest BCUT2D eigenvalue weighted by molar-refractivity contribution is -0.118. The molecule has 1 amide bonds. The molecule has 0 bridgehead atoms. The Morgan fingerprint density at radius 1 is 1.24 bits per heavy atom. The van der Waals surface area contributed by atoms with Crippen LogP contribution in [0, 0.1) is 6.92 Å². The molecule has 0 saturated carbocycles. The van der Waals surface area contributed by atoms with E-state index in [0.29, 0.717) is 0 Å². The number of nitrogens with one attached hydrogen (secondary N) is 1. The Morgan fingerprint density at radius 2 is 1.90 bits per heavy atom. The van der Waals surface area contributed by atoms with E-state index in [4.69, 9.17) is 10.5 Å². The highest BCUT2D eigenvalue weighted by atomic mass is 79.9. The fourth-order valence-electron chi connectivity index (χ4n) is 2.02. The summed E-state index contributed by atoms with van der Waals surface area (Å²) in [5, 5.41) is 3.15. The number of carbonyl (C=O) groups is 1. The van der Waals surface area contributed by atoms with E-state index in [1.165, 1.54) is 0 Å². The smallest absolute Gasteiger partial charge is 0.244 e. The van der Waals surface area contributed by atoms with Gasteiger partial charge in [-0.1, -0.05) is 28.1 Å². The third-order valence-corrected chi connectivity index (χ3v) is 4.09. The zero-order valence-electron chi connectivity index (χ0n) is 11.9. The van der Waals surface area contributed by atoms with Crippen molar-refractivity contribution in [3.63, 3.8) is 0 Å². The first kappa shape index (κ1) is 15.4. The number of ether oxygens (including phenoxy) is 1. The van der Waals surface area contributed by atoms with Gasteiger partial charge in [-0.3, -0.25) is 4.79 Å². The highest BCUT2D eigenvalue weighted by Crippen LogP contribution is 2.25. The number of nitrogens with two attached hydrogens (primary N) is 1. The molecule has 0 aromatic heterocycles. The van der Waals surface area contributed by atoms with Crippen molar-refractivity contribution in [1.82, 2.24) is 0 Å². The lowest BCUT2D eigenvalue weighted by Crippen LogP contribution is -2.27. The van der Waals surface area contributed by atoms with Gasteiger partial charge in [-0.25, -0.2) is 0 Å². The van der Waals surface area contributed by atoms with Crippen LogP contribution < -0.4 is 15.8 Å². The molecule has 0 radical (unpaired) electrons. The number of hydrogen-bond donors (Lipinski definition) is 2. The van der Waals surface area contributed by atoms with Crippen LogP contribution in [-0.4, -0.2) is 13.0 Å².